The molecule has 0 fully saturated rings. The minimum Gasteiger partial charge on any atom is -0.332 e. The third kappa shape index (κ3) is 4.94. The van der Waals surface area contributed by atoms with Crippen molar-refractivity contribution in [1.29, 1.82) is 0 Å². The summed E-state index contributed by atoms with van der Waals surface area (Å²) in [6, 6.07) is 12.0. The summed E-state index contributed by atoms with van der Waals surface area (Å²) in [5.74, 6) is 0. The van der Waals surface area contributed by atoms with Gasteiger partial charge in [0.15, 0.2) is 5.11 Å². The Morgan fingerprint density at radius 1 is 1.08 bits per heavy atom. The van der Waals surface area contributed by atoms with Crippen LogP contribution in [0.15, 0.2) is 47.4 Å². The van der Waals surface area contributed by atoms with Crippen molar-refractivity contribution in [3.05, 3.63) is 53.1 Å². The van der Waals surface area contributed by atoms with E-state index in [1.807, 2.05) is 32.9 Å². The van der Waals surface area contributed by atoms with Gasteiger partial charge in [0.2, 0.25) is 10.0 Å². The Labute approximate surface area is 165 Å². The summed E-state index contributed by atoms with van der Waals surface area (Å²) >= 11 is 11.3. The van der Waals surface area contributed by atoms with Crippen LogP contribution in [0.2, 0.25) is 5.02 Å². The van der Waals surface area contributed by atoms with E-state index in [0.29, 0.717) is 28.9 Å². The van der Waals surface area contributed by atoms with E-state index in [1.54, 1.807) is 30.3 Å². The van der Waals surface area contributed by atoms with Crippen LogP contribution in [0.4, 0.5) is 11.4 Å². The molecule has 2 N–H and O–H groups in total. The highest BCUT2D eigenvalue weighted by molar-refractivity contribution is 7.89. The molecule has 0 saturated heterocycles. The van der Waals surface area contributed by atoms with E-state index in [-0.39, 0.29) is 4.90 Å². The van der Waals surface area contributed by atoms with Gasteiger partial charge in [0.25, 0.3) is 0 Å². The Hall–Kier alpha value is -1.67. The fraction of sp³-hybridized carbons (Fsp3) is 0.278. The van der Waals surface area contributed by atoms with Crippen molar-refractivity contribution < 1.29 is 8.42 Å². The van der Waals surface area contributed by atoms with Crippen molar-refractivity contribution >= 4 is 50.3 Å². The van der Waals surface area contributed by atoms with Gasteiger partial charge in [-0.2, -0.15) is 4.31 Å². The number of aryl methyl sites for hydroxylation is 1. The molecule has 2 rings (SSSR count). The zero-order valence-corrected chi connectivity index (χ0v) is 17.3. The molecule has 0 amide bonds. The predicted molar refractivity (Wildman–Crippen MR) is 113 cm³/mol. The molecule has 5 nitrogen and oxygen atoms in total. The molecule has 2 aromatic carbocycles. The molecule has 0 saturated carbocycles. The SMILES string of the molecule is CCN(CC)S(=O)(=O)c1ccc(NC(=S)Nc2ccc(Cl)cc2C)cc1. The van der Waals surface area contributed by atoms with Crippen LogP contribution in [0, 0.1) is 6.92 Å². The van der Waals surface area contributed by atoms with E-state index in [0.717, 1.165) is 11.3 Å². The molecule has 0 aliphatic heterocycles. The van der Waals surface area contributed by atoms with Gasteiger partial charge in [-0.3, -0.25) is 0 Å². The molecule has 0 spiro atoms. The van der Waals surface area contributed by atoms with Crippen LogP contribution in [0.1, 0.15) is 19.4 Å². The molecular formula is C18H22ClN3O2S2. The van der Waals surface area contributed by atoms with Crippen LogP contribution in [0.25, 0.3) is 0 Å². The maximum atomic E-state index is 12.5. The molecular weight excluding hydrogens is 390 g/mol. The third-order valence-corrected chi connectivity index (χ3v) is 6.40. The fourth-order valence-corrected chi connectivity index (χ4v) is 4.39. The number of sulfonamides is 1. The van der Waals surface area contributed by atoms with Crippen molar-refractivity contribution in [2.45, 2.75) is 25.7 Å². The number of halogens is 1. The summed E-state index contributed by atoms with van der Waals surface area (Å²) in [4.78, 5) is 0.263. The highest BCUT2D eigenvalue weighted by atomic mass is 35.5. The smallest absolute Gasteiger partial charge is 0.243 e. The zero-order valence-electron chi connectivity index (χ0n) is 14.9. The average Bonchev–Trinajstić information content (AvgIpc) is 2.59. The average molecular weight is 412 g/mol. The number of hydrogen-bond acceptors (Lipinski definition) is 3. The lowest BCUT2D eigenvalue weighted by Crippen LogP contribution is -2.30. The van der Waals surface area contributed by atoms with Crippen molar-refractivity contribution in [3.63, 3.8) is 0 Å². The monoisotopic (exact) mass is 411 g/mol. The maximum Gasteiger partial charge on any atom is 0.243 e. The Bertz CT molecular complexity index is 880. The van der Waals surface area contributed by atoms with E-state index in [9.17, 15) is 8.42 Å². The zero-order chi connectivity index (χ0) is 19.3. The number of nitrogens with zero attached hydrogens (tertiary/aromatic N) is 1. The molecule has 8 heteroatoms. The second-order valence-corrected chi connectivity index (χ2v) is 8.43. The summed E-state index contributed by atoms with van der Waals surface area (Å²) in [6.45, 7) is 6.45. The molecule has 0 aromatic heterocycles. The number of benzene rings is 2. The molecule has 0 atom stereocenters. The number of anilines is 2. The Morgan fingerprint density at radius 2 is 1.69 bits per heavy atom. The first-order chi connectivity index (χ1) is 12.3. The Kier molecular flexibility index (Phi) is 7.00. The van der Waals surface area contributed by atoms with Crippen LogP contribution in [0.5, 0.6) is 0 Å². The lowest BCUT2D eigenvalue weighted by atomic mass is 10.2. The largest absolute Gasteiger partial charge is 0.332 e. The van der Waals surface area contributed by atoms with Gasteiger partial charge < -0.3 is 10.6 Å². The summed E-state index contributed by atoms with van der Waals surface area (Å²) in [6.07, 6.45) is 0. The molecule has 0 aliphatic carbocycles. The predicted octanol–water partition coefficient (Wildman–Crippen LogP) is 4.49. The van der Waals surface area contributed by atoms with E-state index < -0.39 is 10.0 Å². The van der Waals surface area contributed by atoms with Gasteiger partial charge in [0, 0.05) is 29.5 Å². The normalized spacial score (nSPS) is 11.4. The highest BCUT2D eigenvalue weighted by Gasteiger charge is 2.21. The van der Waals surface area contributed by atoms with Crippen LogP contribution in [0.3, 0.4) is 0 Å². The molecule has 0 radical (unpaired) electrons. The molecule has 140 valence electrons. The molecule has 0 unspecified atom stereocenters. The molecule has 0 bridgehead atoms. The van der Waals surface area contributed by atoms with Crippen molar-refractivity contribution in [3.8, 4) is 0 Å². The van der Waals surface area contributed by atoms with E-state index in [1.165, 1.54) is 4.31 Å². The van der Waals surface area contributed by atoms with Gasteiger partial charge in [-0.25, -0.2) is 8.42 Å². The number of hydrogen-bond donors (Lipinski definition) is 2. The number of nitrogens with one attached hydrogen (secondary N) is 2. The lowest BCUT2D eigenvalue weighted by molar-refractivity contribution is 0.445. The van der Waals surface area contributed by atoms with Crippen LogP contribution >= 0.6 is 23.8 Å². The number of rotatable bonds is 6. The van der Waals surface area contributed by atoms with Crippen LogP contribution < -0.4 is 10.6 Å². The van der Waals surface area contributed by atoms with E-state index in [4.69, 9.17) is 23.8 Å². The first kappa shape index (κ1) is 20.6. The summed E-state index contributed by atoms with van der Waals surface area (Å²) in [5, 5.41) is 7.23. The van der Waals surface area contributed by atoms with Gasteiger partial charge in [-0.15, -0.1) is 0 Å². The third-order valence-electron chi connectivity index (χ3n) is 3.89. The van der Waals surface area contributed by atoms with Gasteiger partial charge in [-0.05, 0) is 67.2 Å². The van der Waals surface area contributed by atoms with Gasteiger partial charge in [-0.1, -0.05) is 25.4 Å². The summed E-state index contributed by atoms with van der Waals surface area (Å²) in [5.41, 5.74) is 2.53. The first-order valence-electron chi connectivity index (χ1n) is 8.22. The Balaban J connectivity index is 2.08. The quantitative estimate of drug-likeness (QED) is 0.686. The molecule has 0 heterocycles. The van der Waals surface area contributed by atoms with E-state index in [2.05, 4.69) is 10.6 Å². The van der Waals surface area contributed by atoms with Crippen molar-refractivity contribution in [2.24, 2.45) is 0 Å². The van der Waals surface area contributed by atoms with Crippen LogP contribution in [-0.2, 0) is 10.0 Å². The summed E-state index contributed by atoms with van der Waals surface area (Å²) in [7, 11) is -3.46. The topological polar surface area (TPSA) is 61.4 Å². The molecule has 0 aliphatic rings. The van der Waals surface area contributed by atoms with Crippen molar-refractivity contribution in [2.75, 3.05) is 23.7 Å². The van der Waals surface area contributed by atoms with Gasteiger partial charge >= 0.3 is 0 Å². The minimum atomic E-state index is -3.46. The first-order valence-corrected chi connectivity index (χ1v) is 10.4. The highest BCUT2D eigenvalue weighted by Crippen LogP contribution is 2.21. The fourth-order valence-electron chi connectivity index (χ4n) is 2.47. The van der Waals surface area contributed by atoms with Gasteiger partial charge in [0.05, 0.1) is 4.90 Å². The summed E-state index contributed by atoms with van der Waals surface area (Å²) < 4.78 is 26.4. The molecule has 26 heavy (non-hydrogen) atoms. The second kappa shape index (κ2) is 8.81. The van der Waals surface area contributed by atoms with Crippen LogP contribution in [-0.4, -0.2) is 30.9 Å². The molecule has 2 aromatic rings. The standard InChI is InChI=1S/C18H22ClN3O2S2/c1-4-22(5-2)26(23,24)16-9-7-15(8-10-16)20-18(25)21-17-11-6-14(19)12-13(17)3/h6-12H,4-5H2,1-3H3,(H2,20,21,25). The maximum absolute atomic E-state index is 12.5. The Morgan fingerprint density at radius 3 is 2.23 bits per heavy atom. The lowest BCUT2D eigenvalue weighted by Gasteiger charge is -2.18. The second-order valence-electron chi connectivity index (χ2n) is 5.65. The van der Waals surface area contributed by atoms with E-state index >= 15 is 0 Å². The van der Waals surface area contributed by atoms with Gasteiger partial charge in [0.1, 0.15) is 0 Å². The van der Waals surface area contributed by atoms with Crippen molar-refractivity contribution in [1.82, 2.24) is 4.31 Å². The minimum absolute atomic E-state index is 0.263. The number of thiocarbonyl (C=S) groups is 1.